The van der Waals surface area contributed by atoms with Crippen molar-refractivity contribution >= 4 is 29.3 Å². The molecule has 0 aliphatic rings. The second-order valence-corrected chi connectivity index (χ2v) is 4.80. The molecule has 3 heteroatoms. The largest absolute Gasteiger partial charge is 0.323 e. The van der Waals surface area contributed by atoms with Crippen molar-refractivity contribution in [2.24, 2.45) is 0 Å². The molecule has 0 heterocycles. The highest BCUT2D eigenvalue weighted by molar-refractivity contribution is 6.32. The van der Waals surface area contributed by atoms with E-state index in [9.17, 15) is 4.79 Å². The van der Waals surface area contributed by atoms with E-state index in [4.69, 9.17) is 11.6 Å². The van der Waals surface area contributed by atoms with E-state index in [0.717, 1.165) is 17.7 Å². The van der Waals surface area contributed by atoms with Crippen molar-refractivity contribution in [2.75, 3.05) is 5.32 Å². The second-order valence-electron chi connectivity index (χ2n) is 4.39. The summed E-state index contributed by atoms with van der Waals surface area (Å²) in [5, 5.41) is 3.44. The van der Waals surface area contributed by atoms with Crippen LogP contribution in [-0.4, -0.2) is 5.91 Å². The summed E-state index contributed by atoms with van der Waals surface area (Å²) in [6.45, 7) is 2.10. The van der Waals surface area contributed by atoms with Gasteiger partial charge in [-0.05, 0) is 41.8 Å². The van der Waals surface area contributed by atoms with Crippen LogP contribution in [0.2, 0.25) is 5.02 Å². The molecule has 2 rings (SSSR count). The van der Waals surface area contributed by atoms with Crippen LogP contribution in [0.3, 0.4) is 0 Å². The van der Waals surface area contributed by atoms with Gasteiger partial charge < -0.3 is 5.32 Å². The predicted octanol–water partition coefficient (Wildman–Crippen LogP) is 4.55. The van der Waals surface area contributed by atoms with Crippen LogP contribution in [0.5, 0.6) is 0 Å². The van der Waals surface area contributed by atoms with Crippen molar-refractivity contribution in [1.29, 1.82) is 0 Å². The van der Waals surface area contributed by atoms with Gasteiger partial charge in [-0.1, -0.05) is 48.9 Å². The van der Waals surface area contributed by atoms with Crippen LogP contribution in [0.4, 0.5) is 5.69 Å². The number of nitrogens with one attached hydrogen (secondary N) is 1. The number of halogens is 1. The SMILES string of the molecule is CCc1ccc(NC(=O)C=Cc2ccccc2Cl)cc1. The normalized spacial score (nSPS) is 10.7. The Labute approximate surface area is 124 Å². The molecule has 1 N–H and O–H groups in total. The Morgan fingerprint density at radius 3 is 2.50 bits per heavy atom. The molecule has 2 nitrogen and oxygen atoms in total. The van der Waals surface area contributed by atoms with Gasteiger partial charge in [0.1, 0.15) is 0 Å². The van der Waals surface area contributed by atoms with E-state index >= 15 is 0 Å². The van der Waals surface area contributed by atoms with Crippen molar-refractivity contribution in [2.45, 2.75) is 13.3 Å². The maximum atomic E-state index is 11.8. The van der Waals surface area contributed by atoms with Crippen molar-refractivity contribution < 1.29 is 4.79 Å². The molecule has 102 valence electrons. The number of carbonyl (C=O) groups is 1. The number of benzene rings is 2. The Bertz CT molecular complexity index is 617. The van der Waals surface area contributed by atoms with Gasteiger partial charge in [0.25, 0.3) is 0 Å². The van der Waals surface area contributed by atoms with E-state index in [-0.39, 0.29) is 5.91 Å². The van der Waals surface area contributed by atoms with Gasteiger partial charge in [0.2, 0.25) is 5.91 Å². The predicted molar refractivity (Wildman–Crippen MR) is 84.9 cm³/mol. The fraction of sp³-hybridized carbons (Fsp3) is 0.118. The molecule has 0 aromatic heterocycles. The molecule has 0 spiro atoms. The summed E-state index contributed by atoms with van der Waals surface area (Å²) in [6.07, 6.45) is 4.17. The third-order valence-corrected chi connectivity index (χ3v) is 3.29. The summed E-state index contributed by atoms with van der Waals surface area (Å²) in [7, 11) is 0. The second kappa shape index (κ2) is 6.92. The van der Waals surface area contributed by atoms with Crippen molar-refractivity contribution in [3.05, 3.63) is 70.8 Å². The van der Waals surface area contributed by atoms with Crippen LogP contribution in [0.15, 0.2) is 54.6 Å². The fourth-order valence-electron chi connectivity index (χ4n) is 1.78. The molecule has 0 unspecified atom stereocenters. The maximum Gasteiger partial charge on any atom is 0.248 e. The monoisotopic (exact) mass is 285 g/mol. The number of rotatable bonds is 4. The molecule has 0 atom stereocenters. The molecule has 0 radical (unpaired) electrons. The van der Waals surface area contributed by atoms with E-state index in [2.05, 4.69) is 12.2 Å². The minimum atomic E-state index is -0.172. The summed E-state index contributed by atoms with van der Waals surface area (Å²) in [4.78, 5) is 11.8. The number of hydrogen-bond acceptors (Lipinski definition) is 1. The summed E-state index contributed by atoms with van der Waals surface area (Å²) in [5.74, 6) is -0.172. The number of amides is 1. The van der Waals surface area contributed by atoms with Crippen LogP contribution in [0, 0.1) is 0 Å². The fourth-order valence-corrected chi connectivity index (χ4v) is 1.98. The molecule has 1 amide bonds. The average Bonchev–Trinajstić information content (AvgIpc) is 2.47. The quantitative estimate of drug-likeness (QED) is 0.820. The first-order valence-electron chi connectivity index (χ1n) is 6.51. The van der Waals surface area contributed by atoms with E-state index in [1.807, 2.05) is 42.5 Å². The van der Waals surface area contributed by atoms with Crippen LogP contribution in [-0.2, 0) is 11.2 Å². The highest BCUT2D eigenvalue weighted by Gasteiger charge is 1.99. The minimum absolute atomic E-state index is 0.172. The van der Waals surface area contributed by atoms with Crippen LogP contribution in [0.25, 0.3) is 6.08 Å². The van der Waals surface area contributed by atoms with Gasteiger partial charge in [-0.15, -0.1) is 0 Å². The molecule has 0 saturated carbocycles. The number of carbonyl (C=O) groups excluding carboxylic acids is 1. The third kappa shape index (κ3) is 3.97. The topological polar surface area (TPSA) is 29.1 Å². The Hall–Kier alpha value is -2.06. The van der Waals surface area contributed by atoms with Gasteiger partial charge in [-0.25, -0.2) is 0 Å². The Morgan fingerprint density at radius 2 is 1.85 bits per heavy atom. The molecule has 20 heavy (non-hydrogen) atoms. The van der Waals surface area contributed by atoms with Gasteiger partial charge in [-0.3, -0.25) is 4.79 Å². The van der Waals surface area contributed by atoms with Gasteiger partial charge in [-0.2, -0.15) is 0 Å². The van der Waals surface area contributed by atoms with Crippen molar-refractivity contribution in [3.8, 4) is 0 Å². The van der Waals surface area contributed by atoms with E-state index in [1.54, 1.807) is 12.1 Å². The Balaban J connectivity index is 2.00. The number of aryl methyl sites for hydroxylation is 1. The van der Waals surface area contributed by atoms with Crippen molar-refractivity contribution in [3.63, 3.8) is 0 Å². The molecule has 0 fully saturated rings. The average molecular weight is 286 g/mol. The summed E-state index contributed by atoms with van der Waals surface area (Å²) in [5.41, 5.74) is 2.86. The first-order valence-corrected chi connectivity index (χ1v) is 6.89. The van der Waals surface area contributed by atoms with E-state index < -0.39 is 0 Å². The molecular formula is C17H16ClNO. The Morgan fingerprint density at radius 1 is 1.15 bits per heavy atom. The standard InChI is InChI=1S/C17H16ClNO/c1-2-13-7-10-15(11-8-13)19-17(20)12-9-14-5-3-4-6-16(14)18/h3-12H,2H2,1H3,(H,19,20). The highest BCUT2D eigenvalue weighted by atomic mass is 35.5. The molecule has 2 aromatic carbocycles. The summed E-state index contributed by atoms with van der Waals surface area (Å²) >= 11 is 6.02. The summed E-state index contributed by atoms with van der Waals surface area (Å²) < 4.78 is 0. The summed E-state index contributed by atoms with van der Waals surface area (Å²) in [6, 6.07) is 15.2. The minimum Gasteiger partial charge on any atom is -0.323 e. The lowest BCUT2D eigenvalue weighted by Crippen LogP contribution is -2.07. The van der Waals surface area contributed by atoms with Crippen LogP contribution < -0.4 is 5.32 Å². The van der Waals surface area contributed by atoms with Gasteiger partial charge in [0.05, 0.1) is 0 Å². The van der Waals surface area contributed by atoms with Gasteiger partial charge >= 0.3 is 0 Å². The molecule has 0 aliphatic carbocycles. The lowest BCUT2D eigenvalue weighted by molar-refractivity contribution is -0.111. The molecule has 0 aliphatic heterocycles. The smallest absolute Gasteiger partial charge is 0.248 e. The van der Waals surface area contributed by atoms with E-state index in [1.165, 1.54) is 11.6 Å². The third-order valence-electron chi connectivity index (χ3n) is 2.95. The molecular weight excluding hydrogens is 270 g/mol. The molecule has 0 bridgehead atoms. The number of anilines is 1. The van der Waals surface area contributed by atoms with Crippen LogP contribution >= 0.6 is 11.6 Å². The zero-order valence-electron chi connectivity index (χ0n) is 11.3. The van der Waals surface area contributed by atoms with Gasteiger partial charge in [0.15, 0.2) is 0 Å². The Kier molecular flexibility index (Phi) is 4.97. The first kappa shape index (κ1) is 14.4. The number of hydrogen-bond donors (Lipinski definition) is 1. The zero-order valence-corrected chi connectivity index (χ0v) is 12.0. The maximum absolute atomic E-state index is 11.8. The van der Waals surface area contributed by atoms with Crippen molar-refractivity contribution in [1.82, 2.24) is 0 Å². The first-order chi connectivity index (χ1) is 9.69. The van der Waals surface area contributed by atoms with Crippen LogP contribution in [0.1, 0.15) is 18.1 Å². The lowest BCUT2D eigenvalue weighted by atomic mass is 10.1. The van der Waals surface area contributed by atoms with Gasteiger partial charge in [0, 0.05) is 16.8 Å². The molecule has 0 saturated heterocycles. The molecule has 2 aromatic rings. The lowest BCUT2D eigenvalue weighted by Gasteiger charge is -2.03. The van der Waals surface area contributed by atoms with E-state index in [0.29, 0.717) is 5.02 Å². The zero-order chi connectivity index (χ0) is 14.4. The highest BCUT2D eigenvalue weighted by Crippen LogP contribution is 2.16.